The summed E-state index contributed by atoms with van der Waals surface area (Å²) in [6.07, 6.45) is 10.2. The van der Waals surface area contributed by atoms with Crippen LogP contribution in [0.4, 0.5) is 0 Å². The fraction of sp³-hybridized carbons (Fsp3) is 0.846. The molecular weight excluding hydrogens is 226 g/mol. The van der Waals surface area contributed by atoms with E-state index < -0.39 is 0 Å². The van der Waals surface area contributed by atoms with E-state index in [0.29, 0.717) is 5.54 Å². The second kappa shape index (κ2) is 6.85. The van der Waals surface area contributed by atoms with Gasteiger partial charge in [0, 0.05) is 31.7 Å². The third-order valence-electron chi connectivity index (χ3n) is 4.14. The Hall–Kier alpha value is -0.940. The molecule has 5 heteroatoms. The van der Waals surface area contributed by atoms with Crippen molar-refractivity contribution in [3.05, 3.63) is 12.7 Å². The van der Waals surface area contributed by atoms with Gasteiger partial charge in [0.1, 0.15) is 12.7 Å². The normalized spacial score (nSPS) is 24.1. The molecule has 2 heterocycles. The topological polar surface area (TPSA) is 56.8 Å². The number of aromatic nitrogens is 3. The Morgan fingerprint density at radius 3 is 2.33 bits per heavy atom. The van der Waals surface area contributed by atoms with Crippen molar-refractivity contribution < 1.29 is 0 Å². The van der Waals surface area contributed by atoms with Crippen LogP contribution in [0.15, 0.2) is 12.7 Å². The van der Waals surface area contributed by atoms with Crippen molar-refractivity contribution in [3.8, 4) is 0 Å². The number of aromatic amines is 1. The number of nitrogens with zero attached hydrogens (tertiary/aromatic N) is 3. The van der Waals surface area contributed by atoms with E-state index in [0.717, 1.165) is 0 Å². The van der Waals surface area contributed by atoms with Gasteiger partial charge in [-0.05, 0) is 19.8 Å². The highest BCUT2D eigenvalue weighted by molar-refractivity contribution is 4.90. The molecule has 1 aliphatic carbocycles. The van der Waals surface area contributed by atoms with E-state index in [1.807, 2.05) is 0 Å². The summed E-state index contributed by atoms with van der Waals surface area (Å²) in [4.78, 5) is 6.27. The number of piperazine rings is 1. The van der Waals surface area contributed by atoms with Crippen molar-refractivity contribution in [1.29, 1.82) is 0 Å². The number of rotatable bonds is 1. The summed E-state index contributed by atoms with van der Waals surface area (Å²) in [7, 11) is 0. The average molecular weight is 251 g/mol. The molecule has 2 fully saturated rings. The quantitative estimate of drug-likeness (QED) is 0.792. The lowest BCUT2D eigenvalue weighted by atomic mass is 9.81. The molecule has 1 saturated carbocycles. The molecule has 0 atom stereocenters. The third kappa shape index (κ3) is 3.78. The monoisotopic (exact) mass is 251 g/mol. The van der Waals surface area contributed by atoms with Crippen molar-refractivity contribution in [2.75, 3.05) is 26.2 Å². The lowest BCUT2D eigenvalue weighted by Gasteiger charge is -2.46. The summed E-state index contributed by atoms with van der Waals surface area (Å²) in [6.45, 7) is 7.37. The van der Waals surface area contributed by atoms with Crippen LogP contribution >= 0.6 is 0 Å². The molecule has 1 aromatic heterocycles. The Balaban J connectivity index is 0.000000202. The second-order valence-corrected chi connectivity index (χ2v) is 5.45. The molecule has 0 radical (unpaired) electrons. The van der Waals surface area contributed by atoms with Crippen molar-refractivity contribution >= 4 is 0 Å². The highest BCUT2D eigenvalue weighted by atomic mass is 15.2. The molecule has 102 valence electrons. The number of hydrogen-bond donors (Lipinski definition) is 2. The fourth-order valence-electron chi connectivity index (χ4n) is 3.00. The maximum atomic E-state index is 3.56. The first-order chi connectivity index (χ1) is 8.81. The summed E-state index contributed by atoms with van der Waals surface area (Å²) in [5.74, 6) is 0. The van der Waals surface area contributed by atoms with E-state index >= 15 is 0 Å². The zero-order valence-electron chi connectivity index (χ0n) is 11.4. The van der Waals surface area contributed by atoms with Gasteiger partial charge < -0.3 is 5.32 Å². The zero-order valence-corrected chi connectivity index (χ0v) is 11.4. The second-order valence-electron chi connectivity index (χ2n) is 5.45. The minimum atomic E-state index is 0.542. The Labute approximate surface area is 109 Å². The molecule has 1 aromatic rings. The van der Waals surface area contributed by atoms with Gasteiger partial charge in [0.15, 0.2) is 0 Å². The van der Waals surface area contributed by atoms with E-state index in [1.165, 1.54) is 70.9 Å². The molecule has 0 bridgehead atoms. The van der Waals surface area contributed by atoms with Crippen LogP contribution in [0.25, 0.3) is 0 Å². The first-order valence-electron chi connectivity index (χ1n) is 7.06. The molecule has 1 aliphatic heterocycles. The van der Waals surface area contributed by atoms with Crippen LogP contribution in [0.1, 0.15) is 39.0 Å². The fourth-order valence-corrected chi connectivity index (χ4v) is 3.00. The first kappa shape index (κ1) is 13.5. The van der Waals surface area contributed by atoms with E-state index in [2.05, 4.69) is 32.3 Å². The average Bonchev–Trinajstić information content (AvgIpc) is 3.00. The van der Waals surface area contributed by atoms with Crippen molar-refractivity contribution in [3.63, 3.8) is 0 Å². The van der Waals surface area contributed by atoms with Gasteiger partial charge in [-0.3, -0.25) is 10.00 Å². The Bertz CT molecular complexity index is 282. The minimum Gasteiger partial charge on any atom is -0.314 e. The van der Waals surface area contributed by atoms with Gasteiger partial charge in [0.05, 0.1) is 0 Å². The molecule has 5 nitrogen and oxygen atoms in total. The zero-order chi connectivity index (χ0) is 12.7. The summed E-state index contributed by atoms with van der Waals surface area (Å²) < 4.78 is 0. The van der Waals surface area contributed by atoms with Crippen LogP contribution in [0.3, 0.4) is 0 Å². The minimum absolute atomic E-state index is 0.542. The van der Waals surface area contributed by atoms with Gasteiger partial charge in [-0.1, -0.05) is 19.3 Å². The van der Waals surface area contributed by atoms with Gasteiger partial charge >= 0.3 is 0 Å². The molecule has 18 heavy (non-hydrogen) atoms. The number of nitrogens with one attached hydrogen (secondary N) is 2. The van der Waals surface area contributed by atoms with Crippen molar-refractivity contribution in [2.45, 2.75) is 44.6 Å². The first-order valence-corrected chi connectivity index (χ1v) is 7.06. The van der Waals surface area contributed by atoms with Crippen LogP contribution in [-0.4, -0.2) is 51.8 Å². The van der Waals surface area contributed by atoms with Crippen LogP contribution in [0.5, 0.6) is 0 Å². The van der Waals surface area contributed by atoms with Gasteiger partial charge in [0.2, 0.25) is 0 Å². The summed E-state index contributed by atoms with van der Waals surface area (Å²) in [5, 5.41) is 9.42. The van der Waals surface area contributed by atoms with Crippen molar-refractivity contribution in [2.24, 2.45) is 0 Å². The predicted molar refractivity (Wildman–Crippen MR) is 72.3 cm³/mol. The molecule has 0 amide bonds. The van der Waals surface area contributed by atoms with E-state index in [4.69, 9.17) is 0 Å². The van der Waals surface area contributed by atoms with Crippen LogP contribution in [-0.2, 0) is 0 Å². The standard InChI is InChI=1S/C11H22N2.C2H3N3/c1-11(5-3-2-4-6-11)13-9-7-12-8-10-13;1-3-2-5-4-1/h12H,2-10H2,1H3;1-2H,(H,3,4,5). The van der Waals surface area contributed by atoms with Gasteiger partial charge in [-0.2, -0.15) is 5.10 Å². The molecular formula is C13H25N5. The van der Waals surface area contributed by atoms with Gasteiger partial charge in [-0.15, -0.1) is 0 Å². The SMILES string of the molecule is CC1(N2CCNCC2)CCCCC1.c1nc[nH]n1. The molecule has 2 aliphatic rings. The van der Waals surface area contributed by atoms with E-state index in [9.17, 15) is 0 Å². The maximum Gasteiger partial charge on any atom is 0.137 e. The van der Waals surface area contributed by atoms with Crippen LogP contribution in [0, 0.1) is 0 Å². The lowest BCUT2D eigenvalue weighted by molar-refractivity contribution is 0.0547. The Morgan fingerprint density at radius 1 is 1.11 bits per heavy atom. The maximum absolute atomic E-state index is 3.56. The van der Waals surface area contributed by atoms with Crippen molar-refractivity contribution in [1.82, 2.24) is 25.4 Å². The highest BCUT2D eigenvalue weighted by Crippen LogP contribution is 2.33. The molecule has 0 spiro atoms. The smallest absolute Gasteiger partial charge is 0.137 e. The summed E-state index contributed by atoms with van der Waals surface area (Å²) in [5.41, 5.74) is 0.542. The third-order valence-corrected chi connectivity index (χ3v) is 4.14. The van der Waals surface area contributed by atoms with Gasteiger partial charge in [0.25, 0.3) is 0 Å². The van der Waals surface area contributed by atoms with Crippen LogP contribution < -0.4 is 5.32 Å². The number of H-pyrrole nitrogens is 1. The van der Waals surface area contributed by atoms with Gasteiger partial charge in [-0.25, -0.2) is 4.98 Å². The number of hydrogen-bond acceptors (Lipinski definition) is 4. The predicted octanol–water partition coefficient (Wildman–Crippen LogP) is 1.42. The van der Waals surface area contributed by atoms with E-state index in [-0.39, 0.29) is 0 Å². The molecule has 1 saturated heterocycles. The largest absolute Gasteiger partial charge is 0.314 e. The molecule has 3 rings (SSSR count). The lowest BCUT2D eigenvalue weighted by Crippen LogP contribution is -2.55. The summed E-state index contributed by atoms with van der Waals surface area (Å²) >= 11 is 0. The highest BCUT2D eigenvalue weighted by Gasteiger charge is 2.33. The van der Waals surface area contributed by atoms with E-state index in [1.54, 1.807) is 0 Å². The Kier molecular flexibility index (Phi) is 5.13. The molecule has 2 N–H and O–H groups in total. The Morgan fingerprint density at radius 2 is 1.83 bits per heavy atom. The van der Waals surface area contributed by atoms with Crippen LogP contribution in [0.2, 0.25) is 0 Å². The summed E-state index contributed by atoms with van der Waals surface area (Å²) in [6, 6.07) is 0. The molecule has 0 aromatic carbocycles. The molecule has 0 unspecified atom stereocenters.